The zero-order valence-electron chi connectivity index (χ0n) is 18.0. The van der Waals surface area contributed by atoms with Crippen LogP contribution in [0.1, 0.15) is 52.7 Å². The minimum Gasteiger partial charge on any atom is -0.478 e. The van der Waals surface area contributed by atoms with Crippen LogP contribution in [0.4, 0.5) is 22.0 Å². The van der Waals surface area contributed by atoms with Crippen molar-refractivity contribution < 1.29 is 36.6 Å². The third-order valence-corrected chi connectivity index (χ3v) is 6.46. The van der Waals surface area contributed by atoms with Gasteiger partial charge in [-0.05, 0) is 48.2 Å². The molecule has 1 saturated heterocycles. The maximum absolute atomic E-state index is 14.2. The van der Waals surface area contributed by atoms with Crippen molar-refractivity contribution in [1.29, 1.82) is 0 Å². The number of nitrogens with zero attached hydrogens (tertiary/aromatic N) is 1. The molecule has 1 atom stereocenters. The highest BCUT2D eigenvalue weighted by molar-refractivity contribution is 5.87. The number of hydrogen-bond donors (Lipinski definition) is 2. The van der Waals surface area contributed by atoms with Crippen LogP contribution in [-0.2, 0) is 23.1 Å². The monoisotopic (exact) mass is 482 g/mol. The van der Waals surface area contributed by atoms with Gasteiger partial charge in [-0.15, -0.1) is 0 Å². The van der Waals surface area contributed by atoms with E-state index in [1.807, 2.05) is 0 Å². The van der Waals surface area contributed by atoms with Gasteiger partial charge in [0, 0.05) is 25.9 Å². The normalized spacial score (nSPS) is 21.6. The number of alkyl halides is 5. The predicted octanol–water partition coefficient (Wildman–Crippen LogP) is 4.81. The number of benzene rings is 2. The number of carbonyl (C=O) groups excluding carboxylic acids is 1. The molecule has 2 fully saturated rings. The largest absolute Gasteiger partial charge is 0.478 e. The fraction of sp³-hybridized carbons (Fsp3) is 0.417. The summed E-state index contributed by atoms with van der Waals surface area (Å²) in [5.41, 5.74) is -0.258. The first-order valence-electron chi connectivity index (χ1n) is 10.8. The minimum absolute atomic E-state index is 0.0621. The molecule has 1 heterocycles. The van der Waals surface area contributed by atoms with Gasteiger partial charge in [-0.1, -0.05) is 24.3 Å². The Bertz CT molecular complexity index is 1060. The summed E-state index contributed by atoms with van der Waals surface area (Å²) in [6.45, 7) is -0.0149. The van der Waals surface area contributed by atoms with E-state index in [2.05, 4.69) is 5.32 Å². The number of carboxylic acids is 1. The van der Waals surface area contributed by atoms with Crippen molar-refractivity contribution in [2.45, 2.75) is 55.9 Å². The molecule has 2 aromatic rings. The Kier molecular flexibility index (Phi) is 6.14. The molecule has 182 valence electrons. The smallest absolute Gasteiger partial charge is 0.416 e. The number of carboxylic acid groups (broad SMARTS) is 1. The third-order valence-electron chi connectivity index (χ3n) is 6.46. The van der Waals surface area contributed by atoms with Crippen molar-refractivity contribution in [3.63, 3.8) is 0 Å². The molecule has 1 aliphatic carbocycles. The number of piperidine rings is 1. The number of likely N-dealkylation sites (tertiary alicyclic amines) is 1. The molecule has 2 aliphatic rings. The lowest BCUT2D eigenvalue weighted by Gasteiger charge is -2.39. The highest BCUT2D eigenvalue weighted by Gasteiger charge is 2.49. The molecule has 4 rings (SSSR count). The van der Waals surface area contributed by atoms with Gasteiger partial charge in [0.15, 0.2) is 0 Å². The average Bonchev–Trinajstić information content (AvgIpc) is 3.55. The second-order valence-electron chi connectivity index (χ2n) is 8.94. The van der Waals surface area contributed by atoms with Crippen LogP contribution in [0.2, 0.25) is 0 Å². The molecular weight excluding hydrogens is 459 g/mol. The minimum atomic E-state index is -4.48. The quantitative estimate of drug-likeness (QED) is 0.580. The van der Waals surface area contributed by atoms with Gasteiger partial charge in [-0.3, -0.25) is 9.69 Å². The van der Waals surface area contributed by atoms with Crippen molar-refractivity contribution >= 4 is 11.9 Å². The number of carbonyl (C=O) groups is 2. The average molecular weight is 482 g/mol. The van der Waals surface area contributed by atoms with Gasteiger partial charge in [-0.25, -0.2) is 13.6 Å². The molecule has 1 aliphatic heterocycles. The molecule has 5 nitrogen and oxygen atoms in total. The van der Waals surface area contributed by atoms with Crippen LogP contribution >= 0.6 is 0 Å². The molecule has 34 heavy (non-hydrogen) atoms. The lowest BCUT2D eigenvalue weighted by Crippen LogP contribution is -2.55. The second kappa shape index (κ2) is 8.65. The van der Waals surface area contributed by atoms with Crippen molar-refractivity contribution in [1.82, 2.24) is 10.2 Å². The zero-order valence-corrected chi connectivity index (χ0v) is 18.0. The summed E-state index contributed by atoms with van der Waals surface area (Å²) < 4.78 is 66.9. The highest BCUT2D eigenvalue weighted by Crippen LogP contribution is 2.46. The summed E-state index contributed by atoms with van der Waals surface area (Å²) >= 11 is 0. The number of aromatic carboxylic acids is 1. The van der Waals surface area contributed by atoms with Crippen LogP contribution < -0.4 is 5.32 Å². The summed E-state index contributed by atoms with van der Waals surface area (Å²) in [6, 6.07) is 9.35. The predicted molar refractivity (Wildman–Crippen MR) is 112 cm³/mol. The number of halogens is 5. The van der Waals surface area contributed by atoms with Gasteiger partial charge in [0.25, 0.3) is 5.92 Å². The Balaban J connectivity index is 1.50. The Morgan fingerprint density at radius 1 is 1.00 bits per heavy atom. The SMILES string of the molecule is O=C(O)c1ccc(C2(NC(=O)C3CC(F)(F)CCN3Cc3ccc(C(F)(F)F)cc3)CC2)cc1. The molecule has 2 N–H and O–H groups in total. The van der Waals surface area contributed by atoms with Gasteiger partial charge >= 0.3 is 12.1 Å². The first-order valence-corrected chi connectivity index (χ1v) is 10.8. The first-order chi connectivity index (χ1) is 15.9. The first kappa shape index (κ1) is 24.1. The molecule has 0 aromatic heterocycles. The Morgan fingerprint density at radius 3 is 2.15 bits per heavy atom. The summed E-state index contributed by atoms with van der Waals surface area (Å²) in [7, 11) is 0. The van der Waals surface area contributed by atoms with E-state index in [1.54, 1.807) is 17.0 Å². The van der Waals surface area contributed by atoms with Crippen LogP contribution in [0.3, 0.4) is 0 Å². The topological polar surface area (TPSA) is 69.6 Å². The molecule has 0 spiro atoms. The number of hydrogen-bond acceptors (Lipinski definition) is 3. The summed E-state index contributed by atoms with van der Waals surface area (Å²) in [6.07, 6.45) is -4.43. The lowest BCUT2D eigenvalue weighted by molar-refractivity contribution is -0.139. The zero-order chi connectivity index (χ0) is 24.7. The van der Waals surface area contributed by atoms with E-state index in [0.717, 1.165) is 12.1 Å². The molecule has 0 bridgehead atoms. The molecule has 10 heteroatoms. The Morgan fingerprint density at radius 2 is 1.62 bits per heavy atom. The summed E-state index contributed by atoms with van der Waals surface area (Å²) in [4.78, 5) is 25.8. The summed E-state index contributed by atoms with van der Waals surface area (Å²) in [5.74, 6) is -4.69. The lowest BCUT2D eigenvalue weighted by atomic mass is 9.95. The van der Waals surface area contributed by atoms with E-state index in [4.69, 9.17) is 5.11 Å². The van der Waals surface area contributed by atoms with Crippen molar-refractivity contribution in [2.75, 3.05) is 6.54 Å². The van der Waals surface area contributed by atoms with E-state index in [-0.39, 0.29) is 18.7 Å². The molecule has 0 radical (unpaired) electrons. The van der Waals surface area contributed by atoms with Crippen molar-refractivity contribution in [3.8, 4) is 0 Å². The molecule has 1 saturated carbocycles. The third kappa shape index (κ3) is 5.22. The second-order valence-corrected chi connectivity index (χ2v) is 8.94. The van der Waals surface area contributed by atoms with Crippen LogP contribution in [0, 0.1) is 0 Å². The van der Waals surface area contributed by atoms with Gasteiger partial charge in [0.1, 0.15) is 0 Å². The van der Waals surface area contributed by atoms with Crippen molar-refractivity contribution in [2.24, 2.45) is 0 Å². The maximum Gasteiger partial charge on any atom is 0.416 e. The molecule has 1 unspecified atom stereocenters. The number of nitrogens with one attached hydrogen (secondary N) is 1. The standard InChI is InChI=1S/C24H23F5N2O3/c25-23(26)11-12-31(14-15-1-5-18(6-2-15)24(27,28)29)19(13-23)20(32)30-22(9-10-22)17-7-3-16(4-8-17)21(33)34/h1-8,19H,9-14H2,(H,30,32)(H,33,34). The maximum atomic E-state index is 14.2. The Hall–Kier alpha value is -3.01. The van der Waals surface area contributed by atoms with E-state index < -0.39 is 54.0 Å². The van der Waals surface area contributed by atoms with E-state index in [1.165, 1.54) is 24.3 Å². The van der Waals surface area contributed by atoms with Gasteiger partial charge in [-0.2, -0.15) is 13.2 Å². The molecule has 1 amide bonds. The molecule has 2 aromatic carbocycles. The fourth-order valence-electron chi connectivity index (χ4n) is 4.32. The van der Waals surface area contributed by atoms with Crippen LogP contribution in [0.15, 0.2) is 48.5 Å². The highest BCUT2D eigenvalue weighted by atomic mass is 19.4. The van der Waals surface area contributed by atoms with E-state index >= 15 is 0 Å². The van der Waals surface area contributed by atoms with Gasteiger partial charge < -0.3 is 10.4 Å². The number of rotatable bonds is 6. The molecular formula is C24H23F5N2O3. The van der Waals surface area contributed by atoms with E-state index in [9.17, 15) is 31.5 Å². The summed E-state index contributed by atoms with van der Waals surface area (Å²) in [5, 5.41) is 11.9. The Labute approximate surface area is 192 Å². The van der Waals surface area contributed by atoms with Gasteiger partial charge in [0.05, 0.1) is 22.7 Å². The van der Waals surface area contributed by atoms with Crippen LogP contribution in [-0.4, -0.2) is 40.4 Å². The van der Waals surface area contributed by atoms with E-state index in [0.29, 0.717) is 24.0 Å². The van der Waals surface area contributed by atoms with Crippen LogP contribution in [0.5, 0.6) is 0 Å². The number of amides is 1. The van der Waals surface area contributed by atoms with Crippen LogP contribution in [0.25, 0.3) is 0 Å². The van der Waals surface area contributed by atoms with Crippen molar-refractivity contribution in [3.05, 3.63) is 70.8 Å². The fourth-order valence-corrected chi connectivity index (χ4v) is 4.32. The van der Waals surface area contributed by atoms with Gasteiger partial charge in [0.2, 0.25) is 5.91 Å².